The molecule has 2 amide bonds. The SMILES string of the molecule is CCCN(Cc1nc(C(=O)OC)co1)C(=O)Nc1ccccc1Br. The topological polar surface area (TPSA) is 84.7 Å². The number of carbonyl (C=O) groups is 2. The minimum atomic E-state index is -0.579. The van der Waals surface area contributed by atoms with Gasteiger partial charge < -0.3 is 19.4 Å². The van der Waals surface area contributed by atoms with E-state index in [1.807, 2.05) is 25.1 Å². The quantitative estimate of drug-likeness (QED) is 0.754. The molecule has 1 aromatic carbocycles. The molecule has 2 rings (SSSR count). The van der Waals surface area contributed by atoms with E-state index in [9.17, 15) is 9.59 Å². The molecule has 7 nitrogen and oxygen atoms in total. The fraction of sp³-hybridized carbons (Fsp3) is 0.312. The van der Waals surface area contributed by atoms with Gasteiger partial charge in [0.15, 0.2) is 5.69 Å². The fourth-order valence-corrected chi connectivity index (χ4v) is 2.41. The van der Waals surface area contributed by atoms with E-state index in [1.54, 1.807) is 11.0 Å². The molecule has 1 N–H and O–H groups in total. The zero-order valence-corrected chi connectivity index (χ0v) is 15.0. The zero-order chi connectivity index (χ0) is 17.5. The summed E-state index contributed by atoms with van der Waals surface area (Å²) in [4.78, 5) is 29.5. The number of aromatic nitrogens is 1. The summed E-state index contributed by atoms with van der Waals surface area (Å²) in [6.45, 7) is 2.64. The van der Waals surface area contributed by atoms with Gasteiger partial charge >= 0.3 is 12.0 Å². The van der Waals surface area contributed by atoms with E-state index < -0.39 is 5.97 Å². The third kappa shape index (κ3) is 4.58. The van der Waals surface area contributed by atoms with E-state index >= 15 is 0 Å². The van der Waals surface area contributed by atoms with Crippen molar-refractivity contribution in [3.63, 3.8) is 0 Å². The van der Waals surface area contributed by atoms with Crippen molar-refractivity contribution in [3.05, 3.63) is 46.6 Å². The highest BCUT2D eigenvalue weighted by molar-refractivity contribution is 9.10. The normalized spacial score (nSPS) is 10.3. The van der Waals surface area contributed by atoms with Crippen LogP contribution in [0.3, 0.4) is 0 Å². The second-order valence-corrected chi connectivity index (χ2v) is 5.80. The number of halogens is 1. The van der Waals surface area contributed by atoms with Crippen molar-refractivity contribution in [2.75, 3.05) is 19.0 Å². The highest BCUT2D eigenvalue weighted by Crippen LogP contribution is 2.22. The summed E-state index contributed by atoms with van der Waals surface area (Å²) in [5.41, 5.74) is 0.751. The van der Waals surface area contributed by atoms with Gasteiger partial charge in [0.05, 0.1) is 19.3 Å². The van der Waals surface area contributed by atoms with E-state index in [2.05, 4.69) is 31.0 Å². The number of nitrogens with one attached hydrogen (secondary N) is 1. The lowest BCUT2D eigenvalue weighted by Crippen LogP contribution is -2.35. The van der Waals surface area contributed by atoms with Crippen LogP contribution in [0.15, 0.2) is 39.4 Å². The van der Waals surface area contributed by atoms with E-state index in [0.717, 1.165) is 10.9 Å². The van der Waals surface area contributed by atoms with Gasteiger partial charge in [-0.3, -0.25) is 0 Å². The Labute approximate surface area is 148 Å². The number of nitrogens with zero attached hydrogens (tertiary/aromatic N) is 2. The molecule has 128 valence electrons. The van der Waals surface area contributed by atoms with Crippen molar-refractivity contribution in [2.45, 2.75) is 19.9 Å². The maximum Gasteiger partial charge on any atom is 0.360 e. The highest BCUT2D eigenvalue weighted by atomic mass is 79.9. The van der Waals surface area contributed by atoms with Gasteiger partial charge in [-0.1, -0.05) is 19.1 Å². The van der Waals surface area contributed by atoms with Crippen LogP contribution in [0.2, 0.25) is 0 Å². The summed E-state index contributed by atoms with van der Waals surface area (Å²) in [6, 6.07) is 7.07. The molecular weight excluding hydrogens is 378 g/mol. The van der Waals surface area contributed by atoms with E-state index in [1.165, 1.54) is 13.4 Å². The van der Waals surface area contributed by atoms with E-state index in [-0.39, 0.29) is 24.2 Å². The van der Waals surface area contributed by atoms with E-state index in [4.69, 9.17) is 4.42 Å². The molecule has 8 heteroatoms. The Bertz CT molecular complexity index is 717. The minimum absolute atomic E-state index is 0.0789. The monoisotopic (exact) mass is 395 g/mol. The van der Waals surface area contributed by atoms with Crippen molar-refractivity contribution in [1.29, 1.82) is 0 Å². The van der Waals surface area contributed by atoms with Gasteiger partial charge in [0, 0.05) is 11.0 Å². The number of carbonyl (C=O) groups excluding carboxylic acids is 2. The van der Waals surface area contributed by atoms with Crippen LogP contribution in [0.1, 0.15) is 29.7 Å². The van der Waals surface area contributed by atoms with Crippen LogP contribution in [-0.2, 0) is 11.3 Å². The number of hydrogen-bond donors (Lipinski definition) is 1. The molecule has 0 atom stereocenters. The van der Waals surface area contributed by atoms with Crippen LogP contribution in [0.25, 0.3) is 0 Å². The molecule has 2 aromatic rings. The smallest absolute Gasteiger partial charge is 0.360 e. The Morgan fingerprint density at radius 3 is 2.79 bits per heavy atom. The van der Waals surface area contributed by atoms with Gasteiger partial charge in [-0.2, -0.15) is 0 Å². The van der Waals surface area contributed by atoms with Crippen molar-refractivity contribution in [1.82, 2.24) is 9.88 Å². The van der Waals surface area contributed by atoms with Crippen LogP contribution < -0.4 is 5.32 Å². The molecule has 0 spiro atoms. The number of methoxy groups -OCH3 is 1. The summed E-state index contributed by atoms with van der Waals surface area (Å²) in [5.74, 6) is -0.309. The molecule has 0 radical (unpaired) electrons. The van der Waals surface area contributed by atoms with Gasteiger partial charge in [-0.05, 0) is 34.5 Å². The Hall–Kier alpha value is -2.35. The summed E-state index contributed by atoms with van der Waals surface area (Å²) in [7, 11) is 1.27. The van der Waals surface area contributed by atoms with Crippen LogP contribution >= 0.6 is 15.9 Å². The Morgan fingerprint density at radius 2 is 2.12 bits per heavy atom. The van der Waals surface area contributed by atoms with Crippen LogP contribution in [0.5, 0.6) is 0 Å². The molecule has 0 unspecified atom stereocenters. The number of amides is 2. The molecule has 0 aliphatic carbocycles. The summed E-state index contributed by atoms with van der Waals surface area (Å²) < 4.78 is 10.6. The van der Waals surface area contributed by atoms with Crippen molar-refractivity contribution < 1.29 is 18.7 Å². The lowest BCUT2D eigenvalue weighted by molar-refractivity contribution is 0.0594. The number of urea groups is 1. The maximum atomic E-state index is 12.5. The molecule has 0 saturated heterocycles. The van der Waals surface area contributed by atoms with Gasteiger partial charge in [0.2, 0.25) is 5.89 Å². The van der Waals surface area contributed by atoms with Crippen LogP contribution in [0, 0.1) is 0 Å². The van der Waals surface area contributed by atoms with Gasteiger partial charge in [0.25, 0.3) is 0 Å². The van der Waals surface area contributed by atoms with Gasteiger partial charge in [-0.25, -0.2) is 14.6 Å². The first-order chi connectivity index (χ1) is 11.5. The van der Waals surface area contributed by atoms with Crippen molar-refractivity contribution >= 4 is 33.6 Å². The predicted molar refractivity (Wildman–Crippen MR) is 91.7 cm³/mol. The third-order valence-electron chi connectivity index (χ3n) is 3.17. The van der Waals surface area contributed by atoms with Crippen LogP contribution in [-0.4, -0.2) is 35.5 Å². The molecule has 24 heavy (non-hydrogen) atoms. The molecule has 1 aromatic heterocycles. The Balaban J connectivity index is 2.08. The average molecular weight is 396 g/mol. The van der Waals surface area contributed by atoms with E-state index in [0.29, 0.717) is 12.2 Å². The van der Waals surface area contributed by atoms with Gasteiger partial charge in [-0.15, -0.1) is 0 Å². The van der Waals surface area contributed by atoms with Crippen LogP contribution in [0.4, 0.5) is 10.5 Å². The standard InChI is InChI=1S/C16H18BrN3O4/c1-3-8-20(9-14-18-13(10-24-14)15(21)23-2)16(22)19-12-7-5-4-6-11(12)17/h4-7,10H,3,8-9H2,1-2H3,(H,19,22). The summed E-state index contributed by atoms with van der Waals surface area (Å²) in [5, 5.41) is 2.84. The lowest BCUT2D eigenvalue weighted by Gasteiger charge is -2.21. The molecule has 1 heterocycles. The number of ether oxygens (including phenoxy) is 1. The molecule has 0 fully saturated rings. The maximum absolute atomic E-state index is 12.5. The number of rotatable bonds is 6. The largest absolute Gasteiger partial charge is 0.464 e. The second-order valence-electron chi connectivity index (χ2n) is 4.95. The molecule has 0 bridgehead atoms. The Morgan fingerprint density at radius 1 is 1.38 bits per heavy atom. The predicted octanol–water partition coefficient (Wildman–Crippen LogP) is 3.67. The number of para-hydroxylation sites is 1. The first kappa shape index (κ1) is 18.0. The number of esters is 1. The zero-order valence-electron chi connectivity index (χ0n) is 13.4. The number of hydrogen-bond acceptors (Lipinski definition) is 5. The first-order valence-corrected chi connectivity index (χ1v) is 8.17. The minimum Gasteiger partial charge on any atom is -0.464 e. The number of anilines is 1. The summed E-state index contributed by atoms with van der Waals surface area (Å²) >= 11 is 3.39. The Kier molecular flexibility index (Phi) is 6.36. The first-order valence-electron chi connectivity index (χ1n) is 7.38. The second kappa shape index (κ2) is 8.49. The molecule has 0 aliphatic heterocycles. The fourth-order valence-electron chi connectivity index (χ4n) is 2.02. The van der Waals surface area contributed by atoms with Crippen molar-refractivity contribution in [2.24, 2.45) is 0 Å². The molecule has 0 aliphatic rings. The van der Waals surface area contributed by atoms with Gasteiger partial charge in [0.1, 0.15) is 6.26 Å². The molecular formula is C16H18BrN3O4. The number of oxazole rings is 1. The lowest BCUT2D eigenvalue weighted by atomic mass is 10.3. The highest BCUT2D eigenvalue weighted by Gasteiger charge is 2.19. The molecule has 0 saturated carbocycles. The average Bonchev–Trinajstić information content (AvgIpc) is 3.04. The third-order valence-corrected chi connectivity index (χ3v) is 3.86. The summed E-state index contributed by atoms with van der Waals surface area (Å²) in [6.07, 6.45) is 1.99. The van der Waals surface area contributed by atoms with Crippen molar-refractivity contribution in [3.8, 4) is 0 Å². The number of benzene rings is 1.